The summed E-state index contributed by atoms with van der Waals surface area (Å²) in [5, 5.41) is 29.5. The van der Waals surface area contributed by atoms with Crippen molar-refractivity contribution in [3.05, 3.63) is 54.7 Å². The highest BCUT2D eigenvalue weighted by molar-refractivity contribution is 5.39. The zero-order chi connectivity index (χ0) is 17.8. The van der Waals surface area contributed by atoms with Crippen LogP contribution in [0.4, 0.5) is 0 Å². The van der Waals surface area contributed by atoms with Crippen LogP contribution >= 0.6 is 0 Å². The van der Waals surface area contributed by atoms with Crippen molar-refractivity contribution in [2.75, 3.05) is 6.54 Å². The first-order valence-electron chi connectivity index (χ1n) is 7.90. The average molecular weight is 350 g/mol. The maximum Gasteiger partial charge on any atom is 0.460 e. The van der Waals surface area contributed by atoms with E-state index in [0.29, 0.717) is 30.9 Å². The topological polar surface area (TPSA) is 101 Å². The van der Waals surface area contributed by atoms with Gasteiger partial charge in [-0.05, 0) is 0 Å². The second kappa shape index (κ2) is 7.36. The van der Waals surface area contributed by atoms with Gasteiger partial charge in [0.2, 0.25) is 12.5 Å². The van der Waals surface area contributed by atoms with Gasteiger partial charge in [-0.1, -0.05) is 4.73 Å². The fraction of sp³-hybridized carbons (Fsp3) is 0.400. The zero-order valence-corrected chi connectivity index (χ0v) is 13.6. The summed E-state index contributed by atoms with van der Waals surface area (Å²) in [4.78, 5) is 11.0. The van der Waals surface area contributed by atoms with Crippen LogP contribution in [0.1, 0.15) is 0 Å². The number of aliphatic hydroxyl groups excluding tert-OH is 2. The molecule has 1 aliphatic heterocycles. The van der Waals surface area contributed by atoms with E-state index in [-0.39, 0.29) is 0 Å². The van der Waals surface area contributed by atoms with Gasteiger partial charge in [-0.15, -0.1) is 4.58 Å². The molecule has 0 spiro atoms. The van der Waals surface area contributed by atoms with Gasteiger partial charge in [0, 0.05) is 4.91 Å². The van der Waals surface area contributed by atoms with Crippen molar-refractivity contribution in [1.82, 2.24) is 9.30 Å². The average Bonchev–Trinajstić information content (AvgIpc) is 3.23. The Hall–Kier alpha value is -2.85. The monoisotopic (exact) mass is 350 g/mol. The standard InChI is InChI=1S/C15H22N6O4/c22-14(9-18-3-5-20(24)12-18)7-16-1-2-17(11-16)8-15(23)10-19-4-6-21(25)13-19/h1-6,11-15,22-24H,7-10H2/q+4. The van der Waals surface area contributed by atoms with Gasteiger partial charge >= 0.3 is 6.34 Å². The summed E-state index contributed by atoms with van der Waals surface area (Å²) < 4.78 is 8.57. The lowest BCUT2D eigenvalue weighted by Crippen LogP contribution is -2.42. The van der Waals surface area contributed by atoms with Crippen molar-refractivity contribution in [2.24, 2.45) is 0 Å². The van der Waals surface area contributed by atoms with E-state index >= 15 is 0 Å². The number of nitroso groups, excluding NO2 is 1. The Balaban J connectivity index is 1.49. The van der Waals surface area contributed by atoms with Crippen molar-refractivity contribution >= 4 is 6.34 Å². The Morgan fingerprint density at radius 2 is 1.64 bits per heavy atom. The van der Waals surface area contributed by atoms with E-state index in [0.717, 1.165) is 4.73 Å². The highest BCUT2D eigenvalue weighted by atomic mass is 16.5. The molecule has 2 atom stereocenters. The van der Waals surface area contributed by atoms with Gasteiger partial charge in [0.05, 0.1) is 0 Å². The Kier molecular flexibility index (Phi) is 5.00. The number of aromatic nitrogens is 4. The Bertz CT molecular complexity index is 809. The molecule has 10 nitrogen and oxygen atoms in total. The summed E-state index contributed by atoms with van der Waals surface area (Å²) in [7, 11) is 0. The fourth-order valence-corrected chi connectivity index (χ4v) is 2.72. The molecular formula is C15H22N6O4+4. The number of hydrogen-bond donors (Lipinski definition) is 3. The molecule has 0 aromatic carbocycles. The summed E-state index contributed by atoms with van der Waals surface area (Å²) in [5.41, 5.74) is 0. The summed E-state index contributed by atoms with van der Waals surface area (Å²) in [6, 6.07) is 0. The predicted molar refractivity (Wildman–Crippen MR) is 82.4 cm³/mol. The molecular weight excluding hydrogens is 328 g/mol. The van der Waals surface area contributed by atoms with Crippen LogP contribution in [0.2, 0.25) is 0 Å². The van der Waals surface area contributed by atoms with Crippen molar-refractivity contribution in [3.8, 4) is 0 Å². The molecule has 0 amide bonds. The number of nitrogens with zero attached hydrogens (tertiary/aromatic N) is 6. The van der Waals surface area contributed by atoms with Crippen LogP contribution in [0.15, 0.2) is 49.8 Å². The third kappa shape index (κ3) is 4.81. The third-order valence-corrected chi connectivity index (χ3v) is 3.78. The summed E-state index contributed by atoms with van der Waals surface area (Å²) in [6.07, 6.45) is 13.2. The minimum Gasteiger partial charge on any atom is -0.385 e. The van der Waals surface area contributed by atoms with Crippen LogP contribution in [0.3, 0.4) is 0 Å². The Morgan fingerprint density at radius 1 is 0.920 bits per heavy atom. The van der Waals surface area contributed by atoms with Crippen molar-refractivity contribution in [1.29, 1.82) is 0 Å². The van der Waals surface area contributed by atoms with E-state index in [9.17, 15) is 20.3 Å². The van der Waals surface area contributed by atoms with E-state index in [1.807, 2.05) is 21.5 Å². The second-order valence-electron chi connectivity index (χ2n) is 6.08. The highest BCUT2D eigenvalue weighted by Crippen LogP contribution is 1.95. The normalized spacial score (nSPS) is 16.2. The van der Waals surface area contributed by atoms with Crippen LogP contribution in [0, 0.1) is 4.91 Å². The van der Waals surface area contributed by atoms with Crippen LogP contribution in [0.25, 0.3) is 0 Å². The molecule has 10 heteroatoms. The van der Waals surface area contributed by atoms with E-state index in [4.69, 9.17) is 0 Å². The molecule has 0 radical (unpaired) electrons. The number of rotatable bonds is 8. The van der Waals surface area contributed by atoms with Crippen LogP contribution < -0.4 is 9.13 Å². The second-order valence-corrected chi connectivity index (χ2v) is 6.08. The smallest absolute Gasteiger partial charge is 0.385 e. The molecule has 25 heavy (non-hydrogen) atoms. The van der Waals surface area contributed by atoms with Gasteiger partial charge in [0.25, 0.3) is 12.5 Å². The number of β-amino-alcohol motifs (C(OH)–C–C–N with tert-alkyl or cyclic N) is 1. The SMILES string of the molecule is O=[N+]1C=C[N+](CC(O)C[n+]2ccn(CC(O)C[n+]3ccn(O)c3)c2)=C1. The van der Waals surface area contributed by atoms with Gasteiger partial charge in [0.15, 0.2) is 18.8 Å². The molecule has 1 aliphatic rings. The molecule has 2 aromatic rings. The first-order chi connectivity index (χ1) is 12.0. The Labute approximate surface area is 143 Å². The third-order valence-electron chi connectivity index (χ3n) is 3.78. The van der Waals surface area contributed by atoms with Gasteiger partial charge in [0.1, 0.15) is 49.1 Å². The molecule has 0 saturated heterocycles. The van der Waals surface area contributed by atoms with E-state index < -0.39 is 12.2 Å². The van der Waals surface area contributed by atoms with Crippen molar-refractivity contribution in [3.63, 3.8) is 0 Å². The zero-order valence-electron chi connectivity index (χ0n) is 13.6. The predicted octanol–water partition coefficient (Wildman–Crippen LogP) is -2.17. The molecule has 0 fully saturated rings. The first kappa shape index (κ1) is 17.0. The molecule has 0 bridgehead atoms. The maximum atomic E-state index is 11.0. The maximum absolute atomic E-state index is 11.0. The van der Waals surface area contributed by atoms with Crippen LogP contribution in [-0.2, 0) is 19.6 Å². The Morgan fingerprint density at radius 3 is 2.32 bits per heavy atom. The lowest BCUT2D eigenvalue weighted by Gasteiger charge is -2.05. The molecule has 0 aliphatic carbocycles. The van der Waals surface area contributed by atoms with E-state index in [1.54, 1.807) is 27.9 Å². The quantitative estimate of drug-likeness (QED) is 0.372. The summed E-state index contributed by atoms with van der Waals surface area (Å²) in [5.74, 6) is 0. The molecule has 3 rings (SSSR count). The van der Waals surface area contributed by atoms with E-state index in [2.05, 4.69) is 0 Å². The largest absolute Gasteiger partial charge is 0.460 e. The van der Waals surface area contributed by atoms with Crippen molar-refractivity contribution < 1.29 is 33.9 Å². The molecule has 132 valence electrons. The summed E-state index contributed by atoms with van der Waals surface area (Å²) >= 11 is 0. The number of imidazole rings is 2. The minimum absolute atomic E-state index is 0.324. The van der Waals surface area contributed by atoms with Gasteiger partial charge in [-0.2, -0.15) is 0 Å². The van der Waals surface area contributed by atoms with Gasteiger partial charge in [-0.3, -0.25) is 0 Å². The summed E-state index contributed by atoms with van der Waals surface area (Å²) in [6.45, 7) is 1.45. The lowest BCUT2D eigenvalue weighted by molar-refractivity contribution is -0.708. The number of aliphatic hydroxyl groups is 2. The van der Waals surface area contributed by atoms with Crippen molar-refractivity contribution in [2.45, 2.75) is 31.8 Å². The fourth-order valence-electron chi connectivity index (χ4n) is 2.72. The van der Waals surface area contributed by atoms with Crippen LogP contribution in [0.5, 0.6) is 0 Å². The minimum atomic E-state index is -0.641. The first-order valence-corrected chi connectivity index (χ1v) is 7.90. The van der Waals surface area contributed by atoms with Crippen LogP contribution in [-0.4, -0.2) is 59.1 Å². The van der Waals surface area contributed by atoms with Gasteiger partial charge < -0.3 is 15.4 Å². The molecule has 3 heterocycles. The lowest BCUT2D eigenvalue weighted by atomic mass is 10.3. The molecule has 2 unspecified atom stereocenters. The van der Waals surface area contributed by atoms with E-state index in [1.165, 1.54) is 25.1 Å². The highest BCUT2D eigenvalue weighted by Gasteiger charge is 2.24. The number of hydrogen-bond acceptors (Lipinski definition) is 4. The molecule has 3 N–H and O–H groups in total. The molecule has 0 saturated carbocycles. The molecule has 2 aromatic heterocycles. The van der Waals surface area contributed by atoms with Gasteiger partial charge in [-0.25, -0.2) is 13.7 Å².